The summed E-state index contributed by atoms with van der Waals surface area (Å²) in [5, 5.41) is 10.5. The van der Waals surface area contributed by atoms with Crippen LogP contribution in [0.4, 0.5) is 0 Å². The minimum Gasteiger partial charge on any atom is -0.352 e. The molecular weight excluding hydrogens is 451 g/mol. The van der Waals surface area contributed by atoms with Crippen LogP contribution in [0.1, 0.15) is 56.5 Å². The second-order valence-electron chi connectivity index (χ2n) is 7.98. The van der Waals surface area contributed by atoms with Gasteiger partial charge in [0.05, 0.1) is 0 Å². The molecule has 2 N–H and O–H groups in total. The predicted octanol–water partition coefficient (Wildman–Crippen LogP) is 3.68. The van der Waals surface area contributed by atoms with E-state index in [-0.39, 0.29) is 29.4 Å². The molecular formula is C20H31IN6. The average Bonchev–Trinajstić information content (AvgIpc) is 3.17. The van der Waals surface area contributed by atoms with Crippen LogP contribution in [0.5, 0.6) is 0 Å². The quantitative estimate of drug-likeness (QED) is 0.398. The molecule has 3 rings (SSSR count). The summed E-state index contributed by atoms with van der Waals surface area (Å²) in [6.07, 6.45) is 3.72. The van der Waals surface area contributed by atoms with Gasteiger partial charge in [0.25, 0.3) is 0 Å². The molecule has 1 aromatic heterocycles. The number of aromatic nitrogens is 3. The Bertz CT molecular complexity index is 710. The highest BCUT2D eigenvalue weighted by atomic mass is 127. The van der Waals surface area contributed by atoms with Crippen molar-refractivity contribution in [2.45, 2.75) is 51.5 Å². The lowest BCUT2D eigenvalue weighted by atomic mass is 9.87. The van der Waals surface area contributed by atoms with Gasteiger partial charge in [-0.3, -0.25) is 10.1 Å². The average molecular weight is 482 g/mol. The van der Waals surface area contributed by atoms with Crippen molar-refractivity contribution in [3.8, 4) is 0 Å². The zero-order chi connectivity index (χ0) is 18.6. The van der Waals surface area contributed by atoms with Crippen LogP contribution >= 0.6 is 24.0 Å². The Morgan fingerprint density at radius 2 is 1.89 bits per heavy atom. The Hall–Kier alpha value is -1.64. The summed E-state index contributed by atoms with van der Waals surface area (Å²) in [5.41, 5.74) is 2.83. The number of piperidine rings is 1. The molecule has 1 saturated heterocycles. The molecule has 1 aromatic carbocycles. The third-order valence-corrected chi connectivity index (χ3v) is 5.10. The number of nitrogens with zero attached hydrogens (tertiary/aromatic N) is 4. The van der Waals surface area contributed by atoms with Gasteiger partial charge in [-0.2, -0.15) is 5.10 Å². The van der Waals surface area contributed by atoms with Gasteiger partial charge in [0.2, 0.25) is 0 Å². The molecule has 2 aromatic rings. The topological polar surface area (TPSA) is 69.2 Å². The minimum absolute atomic E-state index is 0. The molecule has 0 saturated carbocycles. The largest absolute Gasteiger partial charge is 0.352 e. The predicted molar refractivity (Wildman–Crippen MR) is 121 cm³/mol. The summed E-state index contributed by atoms with van der Waals surface area (Å²) >= 11 is 0. The molecule has 1 fully saturated rings. The van der Waals surface area contributed by atoms with Gasteiger partial charge in [-0.1, -0.05) is 45.0 Å². The molecule has 0 spiro atoms. The molecule has 0 atom stereocenters. The SMILES string of the molecule is CN=C(NCc1ccc(C(C)(C)C)cc1)N1CCC(c2ncn[nH]2)CC1.I. The van der Waals surface area contributed by atoms with Crippen molar-refractivity contribution < 1.29 is 0 Å². The van der Waals surface area contributed by atoms with Gasteiger partial charge < -0.3 is 10.2 Å². The maximum atomic E-state index is 4.47. The van der Waals surface area contributed by atoms with Gasteiger partial charge in [-0.15, -0.1) is 24.0 Å². The molecule has 0 unspecified atom stereocenters. The second-order valence-corrected chi connectivity index (χ2v) is 7.98. The number of H-pyrrole nitrogens is 1. The van der Waals surface area contributed by atoms with Crippen molar-refractivity contribution in [2.75, 3.05) is 20.1 Å². The van der Waals surface area contributed by atoms with E-state index in [0.29, 0.717) is 5.92 Å². The molecule has 0 bridgehead atoms. The van der Waals surface area contributed by atoms with E-state index in [4.69, 9.17) is 0 Å². The first kappa shape index (κ1) is 21.7. The van der Waals surface area contributed by atoms with Gasteiger partial charge in [0.1, 0.15) is 12.2 Å². The number of nitrogens with one attached hydrogen (secondary N) is 2. The number of halogens is 1. The Balaban J connectivity index is 0.00000261. The van der Waals surface area contributed by atoms with Crippen molar-refractivity contribution in [2.24, 2.45) is 4.99 Å². The number of hydrogen-bond acceptors (Lipinski definition) is 3. The molecule has 0 amide bonds. The lowest BCUT2D eigenvalue weighted by Crippen LogP contribution is -2.45. The Morgan fingerprint density at radius 1 is 1.22 bits per heavy atom. The highest BCUT2D eigenvalue weighted by Gasteiger charge is 2.24. The van der Waals surface area contributed by atoms with Crippen molar-refractivity contribution in [1.82, 2.24) is 25.4 Å². The summed E-state index contributed by atoms with van der Waals surface area (Å²) in [6, 6.07) is 8.86. The van der Waals surface area contributed by atoms with Crippen LogP contribution in [0.3, 0.4) is 0 Å². The van der Waals surface area contributed by atoms with Crippen LogP contribution in [0, 0.1) is 0 Å². The molecule has 0 aliphatic carbocycles. The maximum absolute atomic E-state index is 4.47. The Morgan fingerprint density at radius 3 is 2.41 bits per heavy atom. The number of aliphatic imine (C=N–C) groups is 1. The summed E-state index contributed by atoms with van der Waals surface area (Å²) in [7, 11) is 1.85. The lowest BCUT2D eigenvalue weighted by molar-refractivity contribution is 0.299. The molecule has 2 heterocycles. The van der Waals surface area contributed by atoms with Crippen LogP contribution in [0.2, 0.25) is 0 Å². The standard InChI is InChI=1S/C20H30N6.HI/c1-20(2,3)17-7-5-15(6-8-17)13-22-19(21-4)26-11-9-16(10-12-26)18-23-14-24-25-18;/h5-8,14,16H,9-13H2,1-4H3,(H,21,22)(H,23,24,25);1H. The summed E-state index contributed by atoms with van der Waals surface area (Å²) in [5.74, 6) is 2.45. The summed E-state index contributed by atoms with van der Waals surface area (Å²) in [4.78, 5) is 11.1. The van der Waals surface area contributed by atoms with Crippen LogP contribution in [0.15, 0.2) is 35.6 Å². The van der Waals surface area contributed by atoms with E-state index in [1.165, 1.54) is 11.1 Å². The Kier molecular flexibility index (Phi) is 7.64. The first-order valence-corrected chi connectivity index (χ1v) is 9.37. The molecule has 6 nitrogen and oxygen atoms in total. The fraction of sp³-hybridized carbons (Fsp3) is 0.550. The van der Waals surface area contributed by atoms with Crippen LogP contribution < -0.4 is 5.32 Å². The normalized spacial score (nSPS) is 16.1. The lowest BCUT2D eigenvalue weighted by Gasteiger charge is -2.33. The number of rotatable bonds is 3. The molecule has 7 heteroatoms. The van der Waals surface area contributed by atoms with Crippen molar-refractivity contribution in [3.05, 3.63) is 47.5 Å². The van der Waals surface area contributed by atoms with Gasteiger partial charge in [0.15, 0.2) is 5.96 Å². The van der Waals surface area contributed by atoms with E-state index in [1.54, 1.807) is 6.33 Å². The highest BCUT2D eigenvalue weighted by Crippen LogP contribution is 2.25. The van der Waals surface area contributed by atoms with E-state index < -0.39 is 0 Å². The van der Waals surface area contributed by atoms with Crippen molar-refractivity contribution >= 4 is 29.9 Å². The third-order valence-electron chi connectivity index (χ3n) is 5.10. The monoisotopic (exact) mass is 482 g/mol. The number of hydrogen-bond donors (Lipinski definition) is 2. The van der Waals surface area contributed by atoms with Gasteiger partial charge in [-0.05, 0) is 29.4 Å². The number of likely N-dealkylation sites (tertiary alicyclic amines) is 1. The highest BCUT2D eigenvalue weighted by molar-refractivity contribution is 14.0. The fourth-order valence-corrected chi connectivity index (χ4v) is 3.41. The number of aromatic amines is 1. The summed E-state index contributed by atoms with van der Waals surface area (Å²) in [6.45, 7) is 9.47. The zero-order valence-electron chi connectivity index (χ0n) is 16.7. The van der Waals surface area contributed by atoms with E-state index in [9.17, 15) is 0 Å². The first-order chi connectivity index (χ1) is 12.5. The van der Waals surface area contributed by atoms with Gasteiger partial charge >= 0.3 is 0 Å². The van der Waals surface area contributed by atoms with Crippen molar-refractivity contribution in [3.63, 3.8) is 0 Å². The minimum atomic E-state index is 0. The first-order valence-electron chi connectivity index (χ1n) is 9.37. The third kappa shape index (κ3) is 5.67. The Labute approximate surface area is 179 Å². The molecule has 27 heavy (non-hydrogen) atoms. The molecule has 0 radical (unpaired) electrons. The second kappa shape index (κ2) is 9.52. The van der Waals surface area contributed by atoms with Crippen molar-refractivity contribution in [1.29, 1.82) is 0 Å². The van der Waals surface area contributed by atoms with E-state index in [2.05, 4.69) is 75.4 Å². The fourth-order valence-electron chi connectivity index (χ4n) is 3.41. The van der Waals surface area contributed by atoms with E-state index in [1.807, 2.05) is 7.05 Å². The van der Waals surface area contributed by atoms with Gasteiger partial charge in [0, 0.05) is 32.6 Å². The van der Waals surface area contributed by atoms with Crippen LogP contribution in [0.25, 0.3) is 0 Å². The molecule has 1 aliphatic rings. The molecule has 148 valence electrons. The zero-order valence-corrected chi connectivity index (χ0v) is 19.0. The summed E-state index contributed by atoms with van der Waals surface area (Å²) < 4.78 is 0. The smallest absolute Gasteiger partial charge is 0.193 e. The number of benzene rings is 1. The van der Waals surface area contributed by atoms with E-state index >= 15 is 0 Å². The number of guanidine groups is 1. The molecule has 1 aliphatic heterocycles. The van der Waals surface area contributed by atoms with E-state index in [0.717, 1.165) is 44.3 Å². The maximum Gasteiger partial charge on any atom is 0.193 e. The van der Waals surface area contributed by atoms with Crippen LogP contribution in [-0.4, -0.2) is 46.2 Å². The van der Waals surface area contributed by atoms with Crippen LogP contribution in [-0.2, 0) is 12.0 Å². The van der Waals surface area contributed by atoms with Gasteiger partial charge in [-0.25, -0.2) is 4.98 Å².